The van der Waals surface area contributed by atoms with Gasteiger partial charge in [-0.15, -0.1) is 0 Å². The topological polar surface area (TPSA) is 79.5 Å². The quantitative estimate of drug-likeness (QED) is 0.862. The summed E-state index contributed by atoms with van der Waals surface area (Å²) >= 11 is 3.04. The largest absolute Gasteiger partial charge is 0.450 e. The molecule has 1 aliphatic carbocycles. The van der Waals surface area contributed by atoms with Crippen molar-refractivity contribution in [2.75, 3.05) is 0 Å². The van der Waals surface area contributed by atoms with Crippen LogP contribution >= 0.6 is 15.9 Å². The van der Waals surface area contributed by atoms with Crippen LogP contribution in [0.4, 0.5) is 0 Å². The highest BCUT2D eigenvalue weighted by Gasteiger charge is 2.32. The van der Waals surface area contributed by atoms with E-state index in [0.717, 1.165) is 12.8 Å². The zero-order valence-corrected chi connectivity index (χ0v) is 11.7. The average molecular weight is 324 g/mol. The van der Waals surface area contributed by atoms with Crippen LogP contribution in [0.2, 0.25) is 0 Å². The van der Waals surface area contributed by atoms with Gasteiger partial charge < -0.3 is 9.52 Å². The third-order valence-corrected chi connectivity index (χ3v) is 5.24. The highest BCUT2D eigenvalue weighted by Crippen LogP contribution is 2.34. The number of rotatable bonds is 5. The normalized spacial score (nSPS) is 18.3. The van der Waals surface area contributed by atoms with Crippen LogP contribution in [0.25, 0.3) is 0 Å². The van der Waals surface area contributed by atoms with Crippen LogP contribution in [0.15, 0.2) is 20.0 Å². The third kappa shape index (κ3) is 2.90. The summed E-state index contributed by atoms with van der Waals surface area (Å²) in [4.78, 5) is 0.0362. The van der Waals surface area contributed by atoms with E-state index in [-0.39, 0.29) is 28.0 Å². The minimum atomic E-state index is -3.59. The van der Waals surface area contributed by atoms with Crippen LogP contribution in [0, 0.1) is 5.92 Å². The molecule has 1 aromatic heterocycles. The standard InChI is InChI=1S/C10H14BrNO4S/c1-6(7-2-3-7)12-17(14,15)9-4-8(5-13)16-10(9)11/h4,6-7,12-13H,2-3,5H2,1H3. The molecule has 0 amide bonds. The summed E-state index contributed by atoms with van der Waals surface area (Å²) in [7, 11) is -3.59. The molecule has 1 heterocycles. The van der Waals surface area contributed by atoms with Gasteiger partial charge in [0.2, 0.25) is 10.0 Å². The predicted octanol–water partition coefficient (Wildman–Crippen LogP) is 1.61. The van der Waals surface area contributed by atoms with Crippen molar-refractivity contribution in [3.8, 4) is 0 Å². The minimum absolute atomic E-state index is 0.0362. The van der Waals surface area contributed by atoms with Crippen molar-refractivity contribution < 1.29 is 17.9 Å². The maximum Gasteiger partial charge on any atom is 0.245 e. The molecule has 1 saturated carbocycles. The van der Waals surface area contributed by atoms with Crippen LogP contribution in [0.5, 0.6) is 0 Å². The smallest absolute Gasteiger partial charge is 0.245 e. The Morgan fingerprint density at radius 3 is 2.76 bits per heavy atom. The molecule has 1 fully saturated rings. The van der Waals surface area contributed by atoms with Crippen molar-refractivity contribution in [3.05, 3.63) is 16.5 Å². The van der Waals surface area contributed by atoms with E-state index in [1.807, 2.05) is 6.92 Å². The monoisotopic (exact) mass is 323 g/mol. The van der Waals surface area contributed by atoms with E-state index in [4.69, 9.17) is 9.52 Å². The van der Waals surface area contributed by atoms with E-state index in [1.54, 1.807) is 0 Å². The molecule has 5 nitrogen and oxygen atoms in total. The molecule has 1 aromatic rings. The number of sulfonamides is 1. The van der Waals surface area contributed by atoms with E-state index >= 15 is 0 Å². The number of hydrogen-bond donors (Lipinski definition) is 2. The summed E-state index contributed by atoms with van der Waals surface area (Å²) < 4.78 is 31.9. The van der Waals surface area contributed by atoms with Crippen LogP contribution in [-0.4, -0.2) is 19.6 Å². The van der Waals surface area contributed by atoms with Crippen molar-refractivity contribution in [3.63, 3.8) is 0 Å². The number of furan rings is 1. The lowest BCUT2D eigenvalue weighted by Gasteiger charge is -2.12. The van der Waals surface area contributed by atoms with E-state index in [0.29, 0.717) is 5.92 Å². The van der Waals surface area contributed by atoms with Crippen molar-refractivity contribution in [2.45, 2.75) is 37.3 Å². The summed E-state index contributed by atoms with van der Waals surface area (Å²) in [5, 5.41) is 8.89. The molecule has 2 rings (SSSR count). The van der Waals surface area contributed by atoms with Gasteiger partial charge in [-0.1, -0.05) is 0 Å². The van der Waals surface area contributed by atoms with E-state index in [9.17, 15) is 8.42 Å². The number of aliphatic hydroxyl groups excluding tert-OH is 1. The molecule has 7 heteroatoms. The first kappa shape index (κ1) is 13.1. The van der Waals surface area contributed by atoms with E-state index in [2.05, 4.69) is 20.7 Å². The molecule has 0 spiro atoms. The highest BCUT2D eigenvalue weighted by molar-refractivity contribution is 9.10. The van der Waals surface area contributed by atoms with Gasteiger partial charge in [0.15, 0.2) is 4.67 Å². The van der Waals surface area contributed by atoms with E-state index < -0.39 is 10.0 Å². The first-order valence-corrected chi connectivity index (χ1v) is 7.63. The van der Waals surface area contributed by atoms with Gasteiger partial charge >= 0.3 is 0 Å². The number of nitrogens with one attached hydrogen (secondary N) is 1. The second-order valence-corrected chi connectivity index (χ2v) is 6.66. The van der Waals surface area contributed by atoms with Gasteiger partial charge in [0.25, 0.3) is 0 Å². The summed E-state index contributed by atoms with van der Waals surface area (Å²) in [5.74, 6) is 0.657. The van der Waals surface area contributed by atoms with Crippen molar-refractivity contribution in [1.29, 1.82) is 0 Å². The van der Waals surface area contributed by atoms with E-state index in [1.165, 1.54) is 6.07 Å². The minimum Gasteiger partial charge on any atom is -0.450 e. The van der Waals surface area contributed by atoms with Crippen LogP contribution in [-0.2, 0) is 16.6 Å². The summed E-state index contributed by atoms with van der Waals surface area (Å²) in [6.45, 7) is 1.53. The molecule has 1 unspecified atom stereocenters. The lowest BCUT2D eigenvalue weighted by molar-refractivity contribution is 0.245. The van der Waals surface area contributed by atoms with Gasteiger partial charge in [-0.2, -0.15) is 0 Å². The molecular weight excluding hydrogens is 310 g/mol. The van der Waals surface area contributed by atoms with Gasteiger partial charge in [0, 0.05) is 12.1 Å². The van der Waals surface area contributed by atoms with Gasteiger partial charge in [-0.25, -0.2) is 13.1 Å². The molecule has 96 valence electrons. The Kier molecular flexibility index (Phi) is 3.63. The molecular formula is C10H14BrNO4S. The first-order valence-electron chi connectivity index (χ1n) is 5.35. The molecule has 0 saturated heterocycles. The molecule has 17 heavy (non-hydrogen) atoms. The lowest BCUT2D eigenvalue weighted by atomic mass is 10.2. The maximum atomic E-state index is 12.0. The molecule has 0 bridgehead atoms. The second kappa shape index (κ2) is 4.72. The fourth-order valence-corrected chi connectivity index (χ4v) is 3.97. The predicted molar refractivity (Wildman–Crippen MR) is 64.8 cm³/mol. The average Bonchev–Trinajstić information content (AvgIpc) is 3.01. The zero-order valence-electron chi connectivity index (χ0n) is 9.31. The van der Waals surface area contributed by atoms with Gasteiger partial charge in [0.05, 0.1) is 0 Å². The molecule has 2 N–H and O–H groups in total. The third-order valence-electron chi connectivity index (χ3n) is 2.82. The SMILES string of the molecule is CC(NS(=O)(=O)c1cc(CO)oc1Br)C1CC1. The molecule has 0 aliphatic heterocycles. The summed E-state index contributed by atoms with van der Waals surface area (Å²) in [6.07, 6.45) is 2.14. The fourth-order valence-electron chi connectivity index (χ4n) is 1.66. The number of hydrogen-bond acceptors (Lipinski definition) is 4. The second-order valence-electron chi connectivity index (χ2n) is 4.26. The molecule has 0 aromatic carbocycles. The van der Waals surface area contributed by atoms with Crippen LogP contribution < -0.4 is 4.72 Å². The van der Waals surface area contributed by atoms with Gasteiger partial charge in [0.1, 0.15) is 17.3 Å². The van der Waals surface area contributed by atoms with Crippen molar-refractivity contribution in [1.82, 2.24) is 4.72 Å². The Hall–Kier alpha value is -0.370. The first-order chi connectivity index (χ1) is 7.94. The fraction of sp³-hybridized carbons (Fsp3) is 0.600. The Labute approximate surface area is 108 Å². The maximum absolute atomic E-state index is 12.0. The van der Waals surface area contributed by atoms with Crippen LogP contribution in [0.1, 0.15) is 25.5 Å². The van der Waals surface area contributed by atoms with Crippen LogP contribution in [0.3, 0.4) is 0 Å². The highest BCUT2D eigenvalue weighted by atomic mass is 79.9. The molecule has 0 radical (unpaired) electrons. The summed E-state index contributed by atoms with van der Waals surface area (Å²) in [5.41, 5.74) is 0. The summed E-state index contributed by atoms with van der Waals surface area (Å²) in [6, 6.07) is 1.26. The Morgan fingerprint density at radius 1 is 1.65 bits per heavy atom. The van der Waals surface area contributed by atoms with Crippen molar-refractivity contribution in [2.24, 2.45) is 5.92 Å². The Balaban J connectivity index is 2.20. The number of halogens is 1. The lowest BCUT2D eigenvalue weighted by Crippen LogP contribution is -2.33. The Bertz CT molecular complexity index is 506. The number of aliphatic hydroxyl groups is 1. The Morgan fingerprint density at radius 2 is 2.29 bits per heavy atom. The van der Waals surface area contributed by atoms with Crippen molar-refractivity contribution >= 4 is 26.0 Å². The zero-order chi connectivity index (χ0) is 12.6. The molecule has 1 aliphatic rings. The van der Waals surface area contributed by atoms with Gasteiger partial charge in [-0.05, 0) is 41.6 Å². The van der Waals surface area contributed by atoms with Gasteiger partial charge in [-0.3, -0.25) is 0 Å². The molecule has 1 atom stereocenters.